The van der Waals surface area contributed by atoms with E-state index >= 15 is 0 Å². The van der Waals surface area contributed by atoms with Gasteiger partial charge in [0.25, 0.3) is 5.91 Å². The molecule has 0 unspecified atom stereocenters. The zero-order valence-electron chi connectivity index (χ0n) is 12.9. The number of rotatable bonds is 5. The van der Waals surface area contributed by atoms with Gasteiger partial charge in [0.2, 0.25) is 0 Å². The molecule has 124 valence electrons. The molecule has 8 heteroatoms. The second-order valence-corrected chi connectivity index (χ2v) is 5.17. The summed E-state index contributed by atoms with van der Waals surface area (Å²) >= 11 is 0. The van der Waals surface area contributed by atoms with Crippen LogP contribution in [0.25, 0.3) is 0 Å². The van der Waals surface area contributed by atoms with Gasteiger partial charge in [0.05, 0.1) is 6.54 Å². The quantitative estimate of drug-likeness (QED) is 0.781. The van der Waals surface area contributed by atoms with Crippen LogP contribution in [0.1, 0.15) is 28.4 Å². The molecule has 2 heterocycles. The first-order valence-electron chi connectivity index (χ1n) is 7.25. The second kappa shape index (κ2) is 6.61. The maximum atomic E-state index is 12.5. The van der Waals surface area contributed by atoms with Gasteiger partial charge in [-0.3, -0.25) is 4.79 Å². The predicted octanol–water partition coefficient (Wildman–Crippen LogP) is 3.08. The average molecular weight is 331 g/mol. The van der Waals surface area contributed by atoms with Gasteiger partial charge in [-0.2, -0.15) is 13.9 Å². The Morgan fingerprint density at radius 3 is 2.71 bits per heavy atom. The van der Waals surface area contributed by atoms with Crippen molar-refractivity contribution in [2.24, 2.45) is 0 Å². The van der Waals surface area contributed by atoms with Crippen molar-refractivity contribution >= 4 is 11.6 Å². The lowest BCUT2D eigenvalue weighted by molar-refractivity contribution is 0.0561. The normalized spacial score (nSPS) is 11.0. The van der Waals surface area contributed by atoms with Gasteiger partial charge in [0, 0.05) is 24.3 Å². The summed E-state index contributed by atoms with van der Waals surface area (Å²) in [6, 6.07) is 8.54. The lowest BCUT2D eigenvalue weighted by Gasteiger charge is -2.12. The Labute approximate surface area is 136 Å². The van der Waals surface area contributed by atoms with Crippen molar-refractivity contribution in [2.45, 2.75) is 20.0 Å². The van der Waals surface area contributed by atoms with Crippen LogP contribution in [0, 0.1) is 6.92 Å². The lowest BCUT2D eigenvalue weighted by atomic mass is 10.1. The molecule has 1 amide bonds. The van der Waals surface area contributed by atoms with Crippen LogP contribution in [0.4, 0.5) is 14.5 Å². The lowest BCUT2D eigenvalue weighted by Crippen LogP contribution is -2.15. The molecular weight excluding hydrogens is 316 g/mol. The number of hydrogen-bond donors (Lipinski definition) is 1. The molecule has 1 N–H and O–H groups in total. The van der Waals surface area contributed by atoms with Crippen LogP contribution < -0.4 is 5.32 Å². The molecule has 0 spiro atoms. The summed E-state index contributed by atoms with van der Waals surface area (Å²) in [4.78, 5) is 16.4. The van der Waals surface area contributed by atoms with Crippen LogP contribution in [-0.4, -0.2) is 25.2 Å². The Bertz CT molecular complexity index is 856. The fourth-order valence-electron chi connectivity index (χ4n) is 2.29. The van der Waals surface area contributed by atoms with E-state index in [-0.39, 0.29) is 5.69 Å². The first-order chi connectivity index (χ1) is 11.5. The molecule has 0 atom stereocenters. The summed E-state index contributed by atoms with van der Waals surface area (Å²) < 4.78 is 27.5. The molecule has 0 aliphatic heterocycles. The van der Waals surface area contributed by atoms with Crippen molar-refractivity contribution in [3.63, 3.8) is 0 Å². The number of nitrogens with zero attached hydrogens (tertiary/aromatic N) is 4. The first-order valence-corrected chi connectivity index (χ1v) is 7.25. The fraction of sp³-hybridized carbons (Fsp3) is 0.188. The van der Waals surface area contributed by atoms with Crippen molar-refractivity contribution in [3.8, 4) is 0 Å². The number of hydrogen-bond acceptors (Lipinski definition) is 3. The number of amides is 1. The Morgan fingerprint density at radius 2 is 2.04 bits per heavy atom. The van der Waals surface area contributed by atoms with E-state index in [0.717, 1.165) is 17.6 Å². The number of benzene rings is 1. The molecule has 2 aromatic heterocycles. The summed E-state index contributed by atoms with van der Waals surface area (Å²) in [6.45, 7) is -0.352. The standard InChI is InChI=1S/C16H15F2N5O/c1-11-19-7-9-22(11)10-12-4-2-3-5-13(12)20-15(24)14-6-8-23(21-14)16(17)18/h2-9,16H,10H2,1H3,(H,20,24). The van der Waals surface area contributed by atoms with Gasteiger partial charge in [-0.15, -0.1) is 0 Å². The molecule has 0 saturated heterocycles. The van der Waals surface area contributed by atoms with Crippen molar-refractivity contribution in [3.05, 3.63) is 66.0 Å². The summed E-state index contributed by atoms with van der Waals surface area (Å²) in [5.41, 5.74) is 1.41. The minimum Gasteiger partial charge on any atom is -0.331 e. The number of carbonyl (C=O) groups is 1. The van der Waals surface area contributed by atoms with E-state index in [1.165, 1.54) is 6.07 Å². The van der Waals surface area contributed by atoms with Crippen molar-refractivity contribution < 1.29 is 13.6 Å². The molecule has 0 bridgehead atoms. The molecule has 0 saturated carbocycles. The first kappa shape index (κ1) is 15.9. The maximum Gasteiger partial charge on any atom is 0.333 e. The number of alkyl halides is 2. The van der Waals surface area contributed by atoms with Crippen molar-refractivity contribution in [1.29, 1.82) is 0 Å². The van der Waals surface area contributed by atoms with E-state index in [1.807, 2.05) is 29.8 Å². The highest BCUT2D eigenvalue weighted by atomic mass is 19.3. The van der Waals surface area contributed by atoms with Crippen LogP contribution in [0.2, 0.25) is 0 Å². The third-order valence-electron chi connectivity index (χ3n) is 3.57. The summed E-state index contributed by atoms with van der Waals surface area (Å²) in [7, 11) is 0. The summed E-state index contributed by atoms with van der Waals surface area (Å²) in [5, 5.41) is 6.28. The van der Waals surface area contributed by atoms with Gasteiger partial charge < -0.3 is 9.88 Å². The van der Waals surface area contributed by atoms with Gasteiger partial charge in [-0.05, 0) is 24.6 Å². The summed E-state index contributed by atoms with van der Waals surface area (Å²) in [6.07, 6.45) is 4.62. The minimum atomic E-state index is -2.77. The van der Waals surface area contributed by atoms with E-state index in [0.29, 0.717) is 16.9 Å². The van der Waals surface area contributed by atoms with E-state index < -0.39 is 12.5 Å². The zero-order chi connectivity index (χ0) is 17.1. The van der Waals surface area contributed by atoms with Gasteiger partial charge in [0.15, 0.2) is 5.69 Å². The van der Waals surface area contributed by atoms with E-state index in [2.05, 4.69) is 15.4 Å². The van der Waals surface area contributed by atoms with E-state index in [1.54, 1.807) is 18.3 Å². The van der Waals surface area contributed by atoms with Crippen LogP contribution >= 0.6 is 0 Å². The van der Waals surface area contributed by atoms with Crippen LogP contribution in [-0.2, 0) is 6.54 Å². The van der Waals surface area contributed by atoms with Crippen molar-refractivity contribution in [1.82, 2.24) is 19.3 Å². The Hall–Kier alpha value is -3.03. The van der Waals surface area contributed by atoms with Gasteiger partial charge >= 0.3 is 6.55 Å². The third kappa shape index (κ3) is 3.32. The molecule has 3 aromatic rings. The highest BCUT2D eigenvalue weighted by molar-refractivity contribution is 6.03. The zero-order valence-corrected chi connectivity index (χ0v) is 12.9. The molecule has 3 rings (SSSR count). The second-order valence-electron chi connectivity index (χ2n) is 5.17. The number of halogens is 2. The molecule has 0 fully saturated rings. The number of nitrogens with one attached hydrogen (secondary N) is 1. The number of carbonyl (C=O) groups excluding carboxylic acids is 1. The van der Waals surface area contributed by atoms with Crippen LogP contribution in [0.15, 0.2) is 48.9 Å². The molecule has 0 radical (unpaired) electrons. The molecule has 0 aliphatic rings. The molecule has 1 aromatic carbocycles. The largest absolute Gasteiger partial charge is 0.333 e. The van der Waals surface area contributed by atoms with Crippen LogP contribution in [0.3, 0.4) is 0 Å². The number of anilines is 1. The molecule has 0 aliphatic carbocycles. The maximum absolute atomic E-state index is 12.5. The predicted molar refractivity (Wildman–Crippen MR) is 83.9 cm³/mol. The third-order valence-corrected chi connectivity index (χ3v) is 3.57. The van der Waals surface area contributed by atoms with Gasteiger partial charge in [-0.25, -0.2) is 9.67 Å². The average Bonchev–Trinajstić information content (AvgIpc) is 3.19. The molecule has 6 nitrogen and oxygen atoms in total. The highest BCUT2D eigenvalue weighted by Crippen LogP contribution is 2.18. The summed E-state index contributed by atoms with van der Waals surface area (Å²) in [5.74, 6) is 0.316. The number of aryl methyl sites for hydroxylation is 1. The number of imidazole rings is 1. The van der Waals surface area contributed by atoms with Crippen LogP contribution in [0.5, 0.6) is 0 Å². The molecule has 24 heavy (non-hydrogen) atoms. The topological polar surface area (TPSA) is 64.7 Å². The Kier molecular flexibility index (Phi) is 4.37. The fourth-order valence-corrected chi connectivity index (χ4v) is 2.29. The highest BCUT2D eigenvalue weighted by Gasteiger charge is 2.15. The van der Waals surface area contributed by atoms with E-state index in [9.17, 15) is 13.6 Å². The minimum absolute atomic E-state index is 0.0658. The van der Waals surface area contributed by atoms with Gasteiger partial charge in [-0.1, -0.05) is 18.2 Å². The molecular formula is C16H15F2N5O. The smallest absolute Gasteiger partial charge is 0.331 e. The van der Waals surface area contributed by atoms with E-state index in [4.69, 9.17) is 0 Å². The number of aromatic nitrogens is 4. The van der Waals surface area contributed by atoms with Crippen molar-refractivity contribution in [2.75, 3.05) is 5.32 Å². The van der Waals surface area contributed by atoms with Gasteiger partial charge in [0.1, 0.15) is 5.82 Å². The number of para-hydroxylation sites is 1. The SMILES string of the molecule is Cc1nccn1Cc1ccccc1NC(=O)c1ccn(C(F)F)n1. The monoisotopic (exact) mass is 331 g/mol. The Balaban J connectivity index is 1.79. The Morgan fingerprint density at radius 1 is 1.25 bits per heavy atom.